The van der Waals surface area contributed by atoms with Crippen molar-refractivity contribution < 1.29 is 4.79 Å². The molecule has 140 valence electrons. The fourth-order valence-corrected chi connectivity index (χ4v) is 5.26. The summed E-state index contributed by atoms with van der Waals surface area (Å²) in [7, 11) is 0. The van der Waals surface area contributed by atoms with Crippen molar-refractivity contribution in [2.45, 2.75) is 61.5 Å². The van der Waals surface area contributed by atoms with Gasteiger partial charge in [0.25, 0.3) is 0 Å². The number of carbonyl (C=O) groups excluding carboxylic acids is 1. The summed E-state index contributed by atoms with van der Waals surface area (Å²) in [6, 6.07) is 8.58. The summed E-state index contributed by atoms with van der Waals surface area (Å²) in [6.07, 6.45) is 8.00. The van der Waals surface area contributed by atoms with E-state index in [1.54, 1.807) is 11.8 Å². The summed E-state index contributed by atoms with van der Waals surface area (Å²) in [5.74, 6) is 0.984. The Labute approximate surface area is 162 Å². The number of aryl methyl sites for hydroxylation is 1. The predicted molar refractivity (Wildman–Crippen MR) is 109 cm³/mol. The van der Waals surface area contributed by atoms with Crippen LogP contribution in [0, 0.1) is 12.8 Å². The number of piperidine rings is 1. The summed E-state index contributed by atoms with van der Waals surface area (Å²) < 4.78 is -0.250. The molecule has 0 bridgehead atoms. The highest BCUT2D eigenvalue weighted by Gasteiger charge is 2.42. The predicted octanol–water partition coefficient (Wildman–Crippen LogP) is 4.33. The third kappa shape index (κ3) is 5.63. The van der Waals surface area contributed by atoms with Crippen LogP contribution in [0.15, 0.2) is 29.2 Å². The Bertz CT molecular complexity index is 537. The molecule has 1 aromatic rings. The van der Waals surface area contributed by atoms with Crippen molar-refractivity contribution in [2.75, 3.05) is 19.6 Å². The third-order valence-electron chi connectivity index (χ3n) is 5.40. The molecule has 1 aromatic carbocycles. The number of carbonyl (C=O) groups is 1. The van der Waals surface area contributed by atoms with Crippen LogP contribution in [0.5, 0.6) is 0 Å². The van der Waals surface area contributed by atoms with E-state index in [9.17, 15) is 4.79 Å². The van der Waals surface area contributed by atoms with Gasteiger partial charge in [0.15, 0.2) is 0 Å². The SMILES string of the molecule is Cc1ccc(SC2(C(=O)NCCC3CCCNC3)CCCC2)cc1.Cl. The monoisotopic (exact) mass is 382 g/mol. The zero-order chi connectivity index (χ0) is 16.8. The summed E-state index contributed by atoms with van der Waals surface area (Å²) in [4.78, 5) is 14.1. The van der Waals surface area contributed by atoms with Gasteiger partial charge in [-0.15, -0.1) is 24.2 Å². The minimum Gasteiger partial charge on any atom is -0.355 e. The number of rotatable bonds is 6. The van der Waals surface area contributed by atoms with Crippen molar-refractivity contribution in [2.24, 2.45) is 5.92 Å². The summed E-state index contributed by atoms with van der Waals surface area (Å²) >= 11 is 1.78. The Kier molecular flexibility index (Phi) is 8.11. The van der Waals surface area contributed by atoms with Gasteiger partial charge in [-0.1, -0.05) is 30.5 Å². The zero-order valence-corrected chi connectivity index (χ0v) is 16.8. The average molecular weight is 383 g/mol. The molecular formula is C20H31ClN2OS. The second-order valence-corrected chi connectivity index (χ2v) is 8.83. The highest BCUT2D eigenvalue weighted by Crippen LogP contribution is 2.45. The van der Waals surface area contributed by atoms with Crippen molar-refractivity contribution >= 4 is 30.1 Å². The Morgan fingerprint density at radius 1 is 1.24 bits per heavy atom. The Balaban J connectivity index is 0.00000225. The van der Waals surface area contributed by atoms with Crippen LogP contribution in [-0.4, -0.2) is 30.3 Å². The van der Waals surface area contributed by atoms with Crippen molar-refractivity contribution in [1.29, 1.82) is 0 Å². The van der Waals surface area contributed by atoms with E-state index in [4.69, 9.17) is 0 Å². The molecule has 0 radical (unpaired) electrons. The number of nitrogens with one attached hydrogen (secondary N) is 2. The summed E-state index contributed by atoms with van der Waals surface area (Å²) in [5, 5.41) is 6.71. The van der Waals surface area contributed by atoms with Crippen LogP contribution in [0.4, 0.5) is 0 Å². The van der Waals surface area contributed by atoms with Crippen LogP contribution in [0.25, 0.3) is 0 Å². The lowest BCUT2D eigenvalue weighted by atomic mass is 9.96. The first kappa shape index (κ1) is 20.6. The van der Waals surface area contributed by atoms with Crippen LogP contribution in [0.3, 0.4) is 0 Å². The molecule has 1 saturated heterocycles. The molecule has 1 aliphatic heterocycles. The van der Waals surface area contributed by atoms with Gasteiger partial charge in [0.05, 0.1) is 4.75 Å². The van der Waals surface area contributed by atoms with E-state index in [1.165, 1.54) is 36.1 Å². The van der Waals surface area contributed by atoms with E-state index >= 15 is 0 Å². The quantitative estimate of drug-likeness (QED) is 0.769. The molecule has 0 aromatic heterocycles. The van der Waals surface area contributed by atoms with Crippen LogP contribution >= 0.6 is 24.2 Å². The molecule has 1 saturated carbocycles. The first-order chi connectivity index (χ1) is 11.7. The lowest BCUT2D eigenvalue weighted by Crippen LogP contribution is -2.43. The topological polar surface area (TPSA) is 41.1 Å². The van der Waals surface area contributed by atoms with Crippen molar-refractivity contribution in [3.63, 3.8) is 0 Å². The van der Waals surface area contributed by atoms with Gasteiger partial charge in [0, 0.05) is 11.4 Å². The van der Waals surface area contributed by atoms with Crippen LogP contribution in [0.2, 0.25) is 0 Å². The van der Waals surface area contributed by atoms with E-state index in [2.05, 4.69) is 41.8 Å². The van der Waals surface area contributed by atoms with Gasteiger partial charge >= 0.3 is 0 Å². The van der Waals surface area contributed by atoms with Crippen molar-refractivity contribution in [3.05, 3.63) is 29.8 Å². The number of thioether (sulfide) groups is 1. The lowest BCUT2D eigenvalue weighted by molar-refractivity contribution is -0.123. The fraction of sp³-hybridized carbons (Fsp3) is 0.650. The minimum absolute atomic E-state index is 0. The summed E-state index contributed by atoms with van der Waals surface area (Å²) in [5.41, 5.74) is 1.27. The normalized spacial score (nSPS) is 22.2. The molecule has 1 unspecified atom stereocenters. The molecule has 1 aliphatic carbocycles. The van der Waals surface area contributed by atoms with Gasteiger partial charge in [0.2, 0.25) is 5.91 Å². The van der Waals surface area contributed by atoms with Gasteiger partial charge in [-0.2, -0.15) is 0 Å². The number of halogens is 1. The molecule has 1 amide bonds. The maximum Gasteiger partial charge on any atom is 0.236 e. The highest BCUT2D eigenvalue weighted by molar-refractivity contribution is 8.01. The van der Waals surface area contributed by atoms with E-state index in [0.29, 0.717) is 0 Å². The number of hydrogen-bond donors (Lipinski definition) is 2. The van der Waals surface area contributed by atoms with Gasteiger partial charge in [0.1, 0.15) is 0 Å². The van der Waals surface area contributed by atoms with Gasteiger partial charge in [-0.05, 0) is 70.2 Å². The Hall–Kier alpha value is -0.710. The molecule has 5 heteroatoms. The maximum atomic E-state index is 12.9. The van der Waals surface area contributed by atoms with Crippen molar-refractivity contribution in [1.82, 2.24) is 10.6 Å². The van der Waals surface area contributed by atoms with Gasteiger partial charge in [-0.25, -0.2) is 0 Å². The second kappa shape index (κ2) is 9.84. The zero-order valence-electron chi connectivity index (χ0n) is 15.2. The van der Waals surface area contributed by atoms with Crippen LogP contribution < -0.4 is 10.6 Å². The molecule has 2 aliphatic rings. The minimum atomic E-state index is -0.250. The van der Waals surface area contributed by atoms with Gasteiger partial charge < -0.3 is 10.6 Å². The van der Waals surface area contributed by atoms with Gasteiger partial charge in [-0.3, -0.25) is 4.79 Å². The molecule has 1 heterocycles. The highest BCUT2D eigenvalue weighted by atomic mass is 35.5. The van der Waals surface area contributed by atoms with E-state index in [1.807, 2.05) is 0 Å². The molecule has 3 nitrogen and oxygen atoms in total. The molecule has 25 heavy (non-hydrogen) atoms. The molecule has 2 N–H and O–H groups in total. The molecule has 1 atom stereocenters. The molecule has 3 rings (SSSR count). The standard InChI is InChI=1S/C20H30N2OS.ClH/c1-16-6-8-18(9-7-16)24-20(11-2-3-12-20)19(23)22-14-10-17-5-4-13-21-15-17;/h6-9,17,21H,2-5,10-15H2,1H3,(H,22,23);1H. The van der Waals surface area contributed by atoms with Crippen LogP contribution in [-0.2, 0) is 4.79 Å². The smallest absolute Gasteiger partial charge is 0.236 e. The first-order valence-electron chi connectivity index (χ1n) is 9.43. The fourth-order valence-electron chi connectivity index (χ4n) is 3.87. The van der Waals surface area contributed by atoms with Crippen molar-refractivity contribution in [3.8, 4) is 0 Å². The maximum absolute atomic E-state index is 12.9. The van der Waals surface area contributed by atoms with E-state index in [0.717, 1.165) is 44.8 Å². The lowest BCUT2D eigenvalue weighted by Gasteiger charge is -2.28. The molecule has 0 spiro atoms. The Morgan fingerprint density at radius 2 is 1.96 bits per heavy atom. The molecular weight excluding hydrogens is 352 g/mol. The van der Waals surface area contributed by atoms with Crippen LogP contribution in [0.1, 0.15) is 50.5 Å². The Morgan fingerprint density at radius 3 is 2.60 bits per heavy atom. The average Bonchev–Trinajstić information content (AvgIpc) is 3.08. The third-order valence-corrected chi connectivity index (χ3v) is 6.89. The first-order valence-corrected chi connectivity index (χ1v) is 10.2. The number of hydrogen-bond acceptors (Lipinski definition) is 3. The van der Waals surface area contributed by atoms with E-state index in [-0.39, 0.29) is 23.1 Å². The largest absolute Gasteiger partial charge is 0.355 e. The second-order valence-electron chi connectivity index (χ2n) is 7.37. The molecule has 2 fully saturated rings. The summed E-state index contributed by atoms with van der Waals surface area (Å²) in [6.45, 7) is 5.19. The number of amides is 1. The van der Waals surface area contributed by atoms with E-state index < -0.39 is 0 Å². The number of benzene rings is 1.